The van der Waals surface area contributed by atoms with Crippen LogP contribution in [0.2, 0.25) is 0 Å². The van der Waals surface area contributed by atoms with Crippen LogP contribution in [0.4, 0.5) is 0 Å². The molecular weight excluding hydrogens is 865 g/mol. The van der Waals surface area contributed by atoms with Gasteiger partial charge in [0.05, 0.1) is 0 Å². The molecule has 1 atom stereocenters. The van der Waals surface area contributed by atoms with Crippen molar-refractivity contribution in [3.05, 3.63) is 72.9 Å². The number of rotatable bonds is 54. The first-order valence-corrected chi connectivity index (χ1v) is 29.9. The third kappa shape index (κ3) is 55.8. The summed E-state index contributed by atoms with van der Waals surface area (Å²) in [7, 11) is 0. The largest absolute Gasteiger partial charge is 0.462 e. The summed E-state index contributed by atoms with van der Waals surface area (Å²) in [5.74, 6) is -0.887. The van der Waals surface area contributed by atoms with E-state index in [0.29, 0.717) is 19.3 Å². The van der Waals surface area contributed by atoms with Crippen molar-refractivity contribution in [2.24, 2.45) is 0 Å². The lowest BCUT2D eigenvalue weighted by Crippen LogP contribution is -2.30. The maximum atomic E-state index is 12.9. The molecule has 0 aromatic rings. The molecule has 6 nitrogen and oxygen atoms in total. The number of esters is 3. The fourth-order valence-electron chi connectivity index (χ4n) is 8.43. The monoisotopic (exact) mass is 977 g/mol. The normalized spacial score (nSPS) is 12.6. The lowest BCUT2D eigenvalue weighted by atomic mass is 10.0. The van der Waals surface area contributed by atoms with Gasteiger partial charge in [-0.25, -0.2) is 0 Å². The minimum absolute atomic E-state index is 0.0799. The number of ether oxygens (including phenoxy) is 3. The maximum absolute atomic E-state index is 12.9. The predicted molar refractivity (Wildman–Crippen MR) is 302 cm³/mol. The number of hydrogen-bond donors (Lipinski definition) is 0. The summed E-state index contributed by atoms with van der Waals surface area (Å²) in [6.45, 7) is 6.47. The molecule has 0 fully saturated rings. The molecule has 0 aliphatic heterocycles. The summed E-state index contributed by atoms with van der Waals surface area (Å²) in [5.41, 5.74) is 0. The molecule has 404 valence electrons. The summed E-state index contributed by atoms with van der Waals surface area (Å²) >= 11 is 0. The highest BCUT2D eigenvalue weighted by Crippen LogP contribution is 2.16. The van der Waals surface area contributed by atoms with Gasteiger partial charge in [-0.15, -0.1) is 0 Å². The molecule has 1 unspecified atom stereocenters. The molecule has 0 heterocycles. The Kier molecular flexibility index (Phi) is 55.8. The summed E-state index contributed by atoms with van der Waals surface area (Å²) in [4.78, 5) is 38.1. The van der Waals surface area contributed by atoms with Crippen LogP contribution in [0.15, 0.2) is 72.9 Å². The van der Waals surface area contributed by atoms with Gasteiger partial charge in [-0.3, -0.25) is 14.4 Å². The van der Waals surface area contributed by atoms with Crippen LogP contribution >= 0.6 is 0 Å². The van der Waals surface area contributed by atoms with E-state index in [1.54, 1.807) is 0 Å². The van der Waals surface area contributed by atoms with Crippen molar-refractivity contribution in [3.8, 4) is 0 Å². The van der Waals surface area contributed by atoms with Gasteiger partial charge in [-0.2, -0.15) is 0 Å². The highest BCUT2D eigenvalue weighted by atomic mass is 16.6. The van der Waals surface area contributed by atoms with E-state index in [4.69, 9.17) is 14.2 Å². The fraction of sp³-hybridized carbons (Fsp3) is 0.766. The number of unbranched alkanes of at least 4 members (excludes halogenated alkanes) is 31. The first-order valence-electron chi connectivity index (χ1n) is 29.9. The first-order chi connectivity index (χ1) is 34.5. The molecule has 0 rings (SSSR count). The number of carbonyl (C=O) groups excluding carboxylic acids is 3. The lowest BCUT2D eigenvalue weighted by Gasteiger charge is -2.18. The van der Waals surface area contributed by atoms with Crippen LogP contribution in [0.3, 0.4) is 0 Å². The van der Waals surface area contributed by atoms with Crippen molar-refractivity contribution in [2.45, 2.75) is 303 Å². The molecular formula is C64H112O6. The Bertz CT molecular complexity index is 1310. The molecule has 0 N–H and O–H groups in total. The van der Waals surface area contributed by atoms with E-state index in [2.05, 4.69) is 93.7 Å². The number of allylic oxidation sites excluding steroid dienone is 12. The Morgan fingerprint density at radius 3 is 0.943 bits per heavy atom. The van der Waals surface area contributed by atoms with Crippen LogP contribution in [0, 0.1) is 0 Å². The lowest BCUT2D eigenvalue weighted by molar-refractivity contribution is -0.167. The van der Waals surface area contributed by atoms with Crippen LogP contribution in [-0.2, 0) is 28.6 Å². The van der Waals surface area contributed by atoms with Gasteiger partial charge in [0.25, 0.3) is 0 Å². The molecule has 0 radical (unpaired) electrons. The summed E-state index contributed by atoms with van der Waals surface area (Å²) < 4.78 is 16.9. The van der Waals surface area contributed by atoms with Gasteiger partial charge in [0.1, 0.15) is 13.2 Å². The van der Waals surface area contributed by atoms with Crippen molar-refractivity contribution in [1.29, 1.82) is 0 Å². The molecule has 0 aliphatic carbocycles. The van der Waals surface area contributed by atoms with Gasteiger partial charge >= 0.3 is 17.9 Å². The van der Waals surface area contributed by atoms with E-state index in [-0.39, 0.29) is 31.1 Å². The Morgan fingerprint density at radius 1 is 0.300 bits per heavy atom. The third-order valence-corrected chi connectivity index (χ3v) is 12.9. The van der Waals surface area contributed by atoms with Crippen LogP contribution in [0.5, 0.6) is 0 Å². The van der Waals surface area contributed by atoms with Crippen molar-refractivity contribution >= 4 is 17.9 Å². The molecule has 70 heavy (non-hydrogen) atoms. The van der Waals surface area contributed by atoms with Gasteiger partial charge in [-0.05, 0) is 103 Å². The molecule has 0 aromatic carbocycles. The number of carbonyl (C=O) groups is 3. The molecule has 0 bridgehead atoms. The molecule has 6 heteroatoms. The van der Waals surface area contributed by atoms with Crippen molar-refractivity contribution < 1.29 is 28.6 Å². The Morgan fingerprint density at radius 2 is 0.586 bits per heavy atom. The van der Waals surface area contributed by atoms with Gasteiger partial charge in [0.2, 0.25) is 0 Å². The van der Waals surface area contributed by atoms with Crippen LogP contribution < -0.4 is 0 Å². The topological polar surface area (TPSA) is 78.9 Å². The average molecular weight is 978 g/mol. The molecule has 0 saturated heterocycles. The summed E-state index contributed by atoms with van der Waals surface area (Å²) in [6, 6.07) is 0. The highest BCUT2D eigenvalue weighted by Gasteiger charge is 2.19. The second kappa shape index (κ2) is 58.4. The third-order valence-electron chi connectivity index (χ3n) is 12.9. The van der Waals surface area contributed by atoms with E-state index in [1.807, 2.05) is 0 Å². The number of hydrogen-bond acceptors (Lipinski definition) is 6. The Balaban J connectivity index is 4.27. The van der Waals surface area contributed by atoms with Gasteiger partial charge < -0.3 is 14.2 Å². The van der Waals surface area contributed by atoms with Crippen LogP contribution in [-0.4, -0.2) is 37.2 Å². The highest BCUT2D eigenvalue weighted by molar-refractivity contribution is 5.71. The van der Waals surface area contributed by atoms with Crippen LogP contribution in [0.25, 0.3) is 0 Å². The summed E-state index contributed by atoms with van der Waals surface area (Å²) in [6.07, 6.45) is 74.8. The SMILES string of the molecule is CC/C=C\C/C=C\C/C=C\C/C=C\CCCCCCCCCCCCC(=O)OCC(COC(=O)CCCCCCC/C=C\CCC)OC(=O)CCCCCCCCCCC/C=C\CCCCCCCC. The second-order valence-electron chi connectivity index (χ2n) is 19.9. The minimum Gasteiger partial charge on any atom is -0.462 e. The fourth-order valence-corrected chi connectivity index (χ4v) is 8.43. The molecule has 0 aliphatic rings. The zero-order chi connectivity index (χ0) is 50.7. The molecule has 0 amide bonds. The van der Waals surface area contributed by atoms with Crippen molar-refractivity contribution in [2.75, 3.05) is 13.2 Å². The minimum atomic E-state index is -0.781. The summed E-state index contributed by atoms with van der Waals surface area (Å²) in [5, 5.41) is 0. The van der Waals surface area contributed by atoms with Gasteiger partial charge in [0.15, 0.2) is 6.10 Å². The van der Waals surface area contributed by atoms with Gasteiger partial charge in [-0.1, -0.05) is 248 Å². The Labute approximate surface area is 433 Å². The predicted octanol–water partition coefficient (Wildman–Crippen LogP) is 20.2. The van der Waals surface area contributed by atoms with E-state index < -0.39 is 6.10 Å². The van der Waals surface area contributed by atoms with E-state index in [1.165, 1.54) is 161 Å². The quantitative estimate of drug-likeness (QED) is 0.0261. The maximum Gasteiger partial charge on any atom is 0.306 e. The standard InChI is InChI=1S/C64H112O6/c1-4-7-10-13-16-19-22-24-26-28-30-31-32-33-35-36-38-40-42-45-48-51-54-57-63(66)69-60-61(59-68-62(65)56-53-50-47-44-21-18-15-12-9-6-3)70-64(67)58-55-52-49-46-43-41-39-37-34-29-27-25-23-20-17-14-11-8-5-2/h7,10,12,15-16,19,24-27,30-31,61H,4-6,8-9,11,13-14,17-18,20-23,28-29,32-60H2,1-3H3/b10-7-,15-12-,19-16-,26-24-,27-25-,31-30-. The zero-order valence-corrected chi connectivity index (χ0v) is 46.3. The molecule has 0 spiro atoms. The van der Waals surface area contributed by atoms with Crippen LogP contribution in [0.1, 0.15) is 297 Å². The van der Waals surface area contributed by atoms with E-state index in [9.17, 15) is 14.4 Å². The first kappa shape index (κ1) is 66.9. The second-order valence-corrected chi connectivity index (χ2v) is 19.9. The van der Waals surface area contributed by atoms with Crippen molar-refractivity contribution in [3.63, 3.8) is 0 Å². The van der Waals surface area contributed by atoms with E-state index in [0.717, 1.165) is 96.3 Å². The van der Waals surface area contributed by atoms with Crippen molar-refractivity contribution in [1.82, 2.24) is 0 Å². The Hall–Kier alpha value is -3.15. The smallest absolute Gasteiger partial charge is 0.306 e. The van der Waals surface area contributed by atoms with Gasteiger partial charge in [0, 0.05) is 19.3 Å². The van der Waals surface area contributed by atoms with E-state index >= 15 is 0 Å². The average Bonchev–Trinajstić information content (AvgIpc) is 3.36. The molecule has 0 saturated carbocycles. The zero-order valence-electron chi connectivity index (χ0n) is 46.3. The molecule has 0 aromatic heterocycles.